The molecule has 712 valence electrons. The van der Waals surface area contributed by atoms with Gasteiger partial charge in [0.05, 0.1) is 77.2 Å². The summed E-state index contributed by atoms with van der Waals surface area (Å²) in [7, 11) is 8.90. The van der Waals surface area contributed by atoms with Crippen molar-refractivity contribution in [3.63, 3.8) is 0 Å². The minimum atomic E-state index is 0.610. The fourth-order valence-electron chi connectivity index (χ4n) is 29.2. The standard InChI is InChI=1S/4C32H36N3/c1-21-20-26(23-14-7-4-8-15-23)33-30-25-17-11-16-24(22-12-5-3-6-13-22)31(25)35-28-19-10-9-18-27(28)34(2)32(35)29(21)30;1-21-20-25(23-14-7-4-8-15-23)33-31-29(21)32-34(2)26-17-9-10-18-27(26)35(32)28-19-11-16-24(30(28)31)22-12-5-3-6-13-22;1-21-19-26(23-13-7-4-8-14-23)33-31-25-20-24(22-11-5-3-6-12-22)17-18-27(25)35-29-16-10-9-15-28(29)34(2)32(35)30(21)31;1-21-19-26(23-13-7-4-8-14-23)33-31-25-18-17-24(22-11-5-3-6-12-22)20-29(25)35-28-16-10-9-15-27(28)34(2)32(35)30(21)31/h2*9-11,16-20,22-23H,3-8,12-15H2,1-2H3;2*9-10,15-20,22-23H,3-8,11-14H2,1-2H3/q4*+1. The van der Waals surface area contributed by atoms with Crippen LogP contribution in [0.15, 0.2) is 194 Å². The van der Waals surface area contributed by atoms with Crippen LogP contribution in [-0.2, 0) is 28.2 Å². The molecule has 20 aromatic rings. The largest absolute Gasteiger partial charge is 0.297 e. The average molecular weight is 1850 g/mol. The monoisotopic (exact) mass is 1850 g/mol. The molecule has 0 saturated heterocycles. The van der Waals surface area contributed by atoms with Crippen molar-refractivity contribution in [3.8, 4) is 0 Å². The van der Waals surface area contributed by atoms with E-state index in [0.29, 0.717) is 47.3 Å². The van der Waals surface area contributed by atoms with Crippen LogP contribution in [-0.4, -0.2) is 37.5 Å². The Kier molecular flexibility index (Phi) is 24.1. The number of nitrogens with zero attached hydrogens (tertiary/aromatic N) is 12. The summed E-state index contributed by atoms with van der Waals surface area (Å²) in [5.41, 5.74) is 42.4. The summed E-state index contributed by atoms with van der Waals surface area (Å²) in [5.74, 6) is 5.11. The maximum atomic E-state index is 5.58. The van der Waals surface area contributed by atoms with Crippen LogP contribution >= 0.6 is 0 Å². The van der Waals surface area contributed by atoms with Gasteiger partial charge < -0.3 is 0 Å². The molecule has 28 rings (SSSR count). The maximum absolute atomic E-state index is 5.58. The third-order valence-electron chi connectivity index (χ3n) is 36.4. The van der Waals surface area contributed by atoms with E-state index in [2.05, 4.69) is 286 Å². The van der Waals surface area contributed by atoms with Gasteiger partial charge in [0.15, 0.2) is 44.1 Å². The van der Waals surface area contributed by atoms with E-state index in [0.717, 1.165) is 0 Å². The van der Waals surface area contributed by atoms with Crippen LogP contribution in [0.3, 0.4) is 0 Å². The van der Waals surface area contributed by atoms with Crippen molar-refractivity contribution in [2.75, 3.05) is 0 Å². The molecule has 0 spiro atoms. The minimum absolute atomic E-state index is 0.610. The van der Waals surface area contributed by atoms with Gasteiger partial charge in [0, 0.05) is 68.2 Å². The molecule has 0 radical (unpaired) electrons. The molecular formula is C128H144N12+4. The lowest BCUT2D eigenvalue weighted by Gasteiger charge is -2.24. The summed E-state index contributed by atoms with van der Waals surface area (Å²) in [6.45, 7) is 9.24. The van der Waals surface area contributed by atoms with E-state index in [1.165, 1.54) is 478 Å². The van der Waals surface area contributed by atoms with Gasteiger partial charge in [-0.3, -0.25) is 19.9 Å². The smallest absolute Gasteiger partial charge is 0.251 e. The number of benzene rings is 8. The number of rotatable bonds is 8. The Labute approximate surface area is 825 Å². The van der Waals surface area contributed by atoms with Gasteiger partial charge in [0.1, 0.15) is 22.1 Å². The molecule has 0 bridgehead atoms. The third kappa shape index (κ3) is 15.4. The molecule has 0 amide bonds. The van der Waals surface area contributed by atoms with Gasteiger partial charge in [0.25, 0.3) is 22.6 Å². The highest BCUT2D eigenvalue weighted by atomic mass is 15.1. The highest BCUT2D eigenvalue weighted by Gasteiger charge is 2.37. The Hall–Kier alpha value is -11.8. The van der Waals surface area contributed by atoms with Crippen molar-refractivity contribution in [2.45, 2.75) is 332 Å². The number of fused-ring (bicyclic) bond motifs is 32. The Morgan fingerprint density at radius 2 is 0.507 bits per heavy atom. The molecule has 8 saturated carbocycles. The van der Waals surface area contributed by atoms with Crippen LogP contribution in [0.1, 0.15) is 371 Å². The molecule has 12 aromatic heterocycles. The number of hydrogen-bond acceptors (Lipinski definition) is 4. The van der Waals surface area contributed by atoms with Gasteiger partial charge in [-0.2, -0.15) is 17.6 Å². The van der Waals surface area contributed by atoms with E-state index in [1.54, 1.807) is 0 Å². The van der Waals surface area contributed by atoms with Gasteiger partial charge in [-0.05, 0) is 302 Å². The van der Waals surface area contributed by atoms with Crippen LogP contribution in [0, 0.1) is 27.7 Å². The van der Waals surface area contributed by atoms with E-state index < -0.39 is 0 Å². The zero-order valence-electron chi connectivity index (χ0n) is 84.7. The molecule has 0 aliphatic heterocycles. The Balaban J connectivity index is 0.0000000985. The van der Waals surface area contributed by atoms with Crippen molar-refractivity contribution < 1.29 is 18.3 Å². The molecule has 0 unspecified atom stereocenters. The van der Waals surface area contributed by atoms with Crippen LogP contribution in [0.2, 0.25) is 0 Å². The summed E-state index contributed by atoms with van der Waals surface area (Å²) in [6.07, 6.45) is 53.5. The second kappa shape index (κ2) is 37.6. The first-order chi connectivity index (χ1) is 68.8. The first-order valence-corrected chi connectivity index (χ1v) is 55.5. The Morgan fingerprint density at radius 3 is 0.921 bits per heavy atom. The number of imidazole rings is 4. The summed E-state index contributed by atoms with van der Waals surface area (Å²) in [6, 6.07) is 73.9. The molecule has 8 fully saturated rings. The Morgan fingerprint density at radius 1 is 0.214 bits per heavy atom. The molecule has 12 nitrogen and oxygen atoms in total. The van der Waals surface area contributed by atoms with Crippen molar-refractivity contribution >= 4 is 154 Å². The first-order valence-electron chi connectivity index (χ1n) is 55.5. The van der Waals surface area contributed by atoms with Crippen LogP contribution in [0.25, 0.3) is 154 Å². The minimum Gasteiger partial charge on any atom is -0.251 e. The van der Waals surface area contributed by atoms with Crippen molar-refractivity contribution in [1.82, 2.24) is 37.5 Å². The van der Waals surface area contributed by atoms with Crippen molar-refractivity contribution in [2.24, 2.45) is 28.2 Å². The molecule has 8 aromatic carbocycles. The lowest BCUT2D eigenvalue weighted by atomic mass is 9.82. The van der Waals surface area contributed by atoms with Gasteiger partial charge in [-0.1, -0.05) is 239 Å². The van der Waals surface area contributed by atoms with Crippen LogP contribution < -0.4 is 18.3 Å². The lowest BCUT2D eigenvalue weighted by Crippen LogP contribution is -2.27. The van der Waals surface area contributed by atoms with Gasteiger partial charge in [-0.25, -0.2) is 18.3 Å². The normalized spacial score (nSPS) is 18.3. The van der Waals surface area contributed by atoms with Crippen LogP contribution in [0.5, 0.6) is 0 Å². The zero-order valence-corrected chi connectivity index (χ0v) is 84.7. The van der Waals surface area contributed by atoms with E-state index in [4.69, 9.17) is 19.9 Å². The van der Waals surface area contributed by atoms with E-state index in [1.807, 2.05) is 0 Å². The van der Waals surface area contributed by atoms with Gasteiger partial charge >= 0.3 is 0 Å². The predicted octanol–water partition coefficient (Wildman–Crippen LogP) is 32.1. The first kappa shape index (κ1) is 89.6. The second-order valence-corrected chi connectivity index (χ2v) is 44.9. The highest BCUT2D eigenvalue weighted by Crippen LogP contribution is 2.49. The number of aryl methyl sites for hydroxylation is 8. The summed E-state index contributed by atoms with van der Waals surface area (Å²) in [5, 5.41) is 10.6. The summed E-state index contributed by atoms with van der Waals surface area (Å²) < 4.78 is 19.7. The van der Waals surface area contributed by atoms with E-state index >= 15 is 0 Å². The third-order valence-corrected chi connectivity index (χ3v) is 36.4. The number of aromatic nitrogens is 12. The second-order valence-electron chi connectivity index (χ2n) is 44.9. The molecule has 0 atom stereocenters. The van der Waals surface area contributed by atoms with E-state index in [9.17, 15) is 0 Å². The quantitative estimate of drug-likeness (QED) is 0.112. The SMILES string of the molecule is Cc1cc(C2CCCCC2)nc2c3c(C4CCCCC4)cccc3n3c4ccccc4[n+](C)c3c12.Cc1cc(C2CCCCC2)nc2c3cc(C4CCCCC4)ccc3n3c4ccccc4[n+](C)c3c12.Cc1cc(C2CCCCC2)nc2c3ccc(C4CCCCC4)cc3n3c4ccccc4[n+](C)c3c12.Cc1cc(C2CCCCC2)nc2c3cccc(C4CCCCC4)c3n3c4ccccc4[n+](C)c3c12. The Bertz CT molecular complexity index is 8100. The molecule has 0 N–H and O–H groups in total. The summed E-state index contributed by atoms with van der Waals surface area (Å²) in [4.78, 5) is 22.1. The molecule has 140 heavy (non-hydrogen) atoms. The van der Waals surface area contributed by atoms with Crippen molar-refractivity contribution in [1.29, 1.82) is 0 Å². The molecule has 8 aliphatic rings. The van der Waals surface area contributed by atoms with Crippen molar-refractivity contribution in [3.05, 3.63) is 261 Å². The molecular weight excluding hydrogens is 1710 g/mol. The molecule has 8 aliphatic carbocycles. The molecule has 12 heterocycles. The number of pyridine rings is 8. The number of para-hydroxylation sites is 9. The zero-order chi connectivity index (χ0) is 94.1. The van der Waals surface area contributed by atoms with Crippen LogP contribution in [0.4, 0.5) is 0 Å². The van der Waals surface area contributed by atoms with Gasteiger partial charge in [0.2, 0.25) is 0 Å². The fourth-order valence-corrected chi connectivity index (χ4v) is 29.2. The topological polar surface area (TPSA) is 84.7 Å². The van der Waals surface area contributed by atoms with E-state index in [-0.39, 0.29) is 0 Å². The highest BCUT2D eigenvalue weighted by molar-refractivity contribution is 6.17. The summed E-state index contributed by atoms with van der Waals surface area (Å²) >= 11 is 0. The maximum Gasteiger partial charge on any atom is 0.297 e. The lowest BCUT2D eigenvalue weighted by molar-refractivity contribution is -0.617. The fraction of sp³-hybridized carbons (Fsp3) is 0.438. The average Bonchev–Trinajstić information content (AvgIpc) is 1.51. The predicted molar refractivity (Wildman–Crippen MR) is 581 cm³/mol. The molecule has 12 heteroatoms. The van der Waals surface area contributed by atoms with Gasteiger partial charge in [-0.15, -0.1) is 0 Å². The number of hydrogen-bond donors (Lipinski definition) is 0.